The summed E-state index contributed by atoms with van der Waals surface area (Å²) in [6.45, 7) is 2.21. The van der Waals surface area contributed by atoms with Crippen LogP contribution in [0.3, 0.4) is 0 Å². The summed E-state index contributed by atoms with van der Waals surface area (Å²) in [7, 11) is 2.55. The van der Waals surface area contributed by atoms with Gasteiger partial charge >= 0.3 is 0 Å². The highest BCUT2D eigenvalue weighted by molar-refractivity contribution is 7.20. The minimum atomic E-state index is 1.21. The molecule has 0 nitrogen and oxygen atoms in total. The monoisotopic (exact) mass is 142 g/mol. The summed E-state index contributed by atoms with van der Waals surface area (Å²) in [6.07, 6.45) is 10.1. The van der Waals surface area contributed by atoms with E-state index in [-0.39, 0.29) is 0 Å². The van der Waals surface area contributed by atoms with Crippen LogP contribution < -0.4 is 0 Å². The molecule has 0 aliphatic carbocycles. The summed E-state index contributed by atoms with van der Waals surface area (Å²) < 4.78 is 0. The first-order chi connectivity index (χ1) is 4.41. The van der Waals surface area contributed by atoms with E-state index in [9.17, 15) is 0 Å². The molecule has 0 aromatic rings. The molecule has 0 N–H and O–H groups in total. The van der Waals surface area contributed by atoms with Crippen molar-refractivity contribution in [3.8, 4) is 0 Å². The summed E-state index contributed by atoms with van der Waals surface area (Å²) in [4.78, 5) is 0. The molecule has 0 aliphatic rings. The lowest BCUT2D eigenvalue weighted by molar-refractivity contribution is 0.815. The normalized spacial score (nSPS) is 11.8. The second-order valence-electron chi connectivity index (χ2n) is 1.96. The summed E-state index contributed by atoms with van der Waals surface area (Å²) in [5.41, 5.74) is 0. The quantitative estimate of drug-likeness (QED) is 0.321. The lowest BCUT2D eigenvalue weighted by Crippen LogP contribution is -1.64. The van der Waals surface area contributed by atoms with Crippen molar-refractivity contribution in [2.24, 2.45) is 0 Å². The average molecular weight is 142 g/mol. The van der Waals surface area contributed by atoms with Crippen molar-refractivity contribution in [1.82, 2.24) is 0 Å². The first-order valence-corrected chi connectivity index (χ1v) is 4.12. The van der Waals surface area contributed by atoms with Crippen molar-refractivity contribution in [1.29, 1.82) is 0 Å². The Bertz CT molecular complexity index is 92.7. The molecule has 0 radical (unpaired) electrons. The van der Waals surface area contributed by atoms with E-state index in [0.29, 0.717) is 0 Å². The molecular weight excluding hydrogens is 127 g/mol. The van der Waals surface area contributed by atoms with Gasteiger partial charge in [-0.25, -0.2) is 0 Å². The van der Waals surface area contributed by atoms with E-state index in [2.05, 4.69) is 28.3 Å². The fourth-order valence-electron chi connectivity index (χ4n) is 0.561. The van der Waals surface area contributed by atoms with Crippen LogP contribution in [0.25, 0.3) is 0 Å². The van der Waals surface area contributed by atoms with Gasteiger partial charge in [-0.2, -0.15) is 0 Å². The van der Waals surface area contributed by atoms with Gasteiger partial charge in [-0.3, -0.25) is 0 Å². The summed E-state index contributed by atoms with van der Waals surface area (Å²) in [5.74, 6) is 1.96. The summed E-state index contributed by atoms with van der Waals surface area (Å²) in [5, 5.41) is 0. The maximum Gasteiger partial charge on any atom is -0.0348 e. The molecule has 0 saturated heterocycles. The molecule has 0 saturated carbocycles. The zero-order valence-electron chi connectivity index (χ0n) is 6.01. The van der Waals surface area contributed by atoms with E-state index in [0.717, 1.165) is 0 Å². The molecule has 0 fully saturated rings. The van der Waals surface area contributed by atoms with Gasteiger partial charge in [0, 0.05) is 0 Å². The van der Waals surface area contributed by atoms with Gasteiger partial charge in [0.15, 0.2) is 0 Å². The molecule has 52 valence electrons. The van der Waals surface area contributed by atoms with E-state index in [1.54, 1.807) is 0 Å². The second-order valence-corrected chi connectivity index (χ2v) is 2.34. The van der Waals surface area contributed by atoms with Crippen molar-refractivity contribution in [3.63, 3.8) is 0 Å². The smallest absolute Gasteiger partial charge is 0.0348 e. The predicted octanol–water partition coefficient (Wildman–Crippen LogP) is 3.12. The molecule has 0 heterocycles. The first-order valence-electron chi connectivity index (χ1n) is 3.45. The molecule has 0 rings (SSSR count). The van der Waals surface area contributed by atoms with E-state index in [4.69, 9.17) is 0 Å². The van der Waals surface area contributed by atoms with Gasteiger partial charge in [0.05, 0.1) is 0 Å². The Labute approximate surface area is 60.2 Å². The Morgan fingerprint density at radius 2 is 2.11 bits per heavy atom. The molecule has 1 heteroatoms. The van der Waals surface area contributed by atoms with Gasteiger partial charge in [0.2, 0.25) is 0 Å². The third kappa shape index (κ3) is 7.91. The molecule has 0 spiro atoms. The van der Waals surface area contributed by atoms with Crippen LogP contribution in [0.5, 0.6) is 0 Å². The van der Waals surface area contributed by atoms with Crippen molar-refractivity contribution in [2.45, 2.75) is 26.2 Å². The first kappa shape index (κ1) is 8.91. The molecule has 0 bridgehead atoms. The number of allylic oxidation sites excluding steroid dienone is 3. The van der Waals surface area contributed by atoms with Crippen LogP contribution in [0.4, 0.5) is 0 Å². The van der Waals surface area contributed by atoms with Crippen molar-refractivity contribution < 1.29 is 0 Å². The van der Waals surface area contributed by atoms with Crippen LogP contribution in [0, 0.1) is 0 Å². The van der Waals surface area contributed by atoms with Crippen LogP contribution in [0.1, 0.15) is 26.2 Å². The van der Waals surface area contributed by atoms with E-state index in [1.165, 1.54) is 19.3 Å². The molecule has 0 aromatic heterocycles. The zero-order valence-corrected chi connectivity index (χ0v) is 7.16. The van der Waals surface area contributed by atoms with Crippen LogP contribution in [-0.2, 0) is 0 Å². The number of rotatable bonds is 4. The molecule has 1 atom stereocenters. The van der Waals surface area contributed by atoms with Crippen molar-refractivity contribution in [2.75, 3.05) is 0 Å². The Morgan fingerprint density at radius 3 is 2.67 bits per heavy atom. The van der Waals surface area contributed by atoms with Gasteiger partial charge in [-0.05, 0) is 6.42 Å². The minimum Gasteiger partial charge on any atom is -0.114 e. The van der Waals surface area contributed by atoms with Gasteiger partial charge < -0.3 is 0 Å². The lowest BCUT2D eigenvalue weighted by Gasteiger charge is -1.84. The van der Waals surface area contributed by atoms with Gasteiger partial charge in [0.1, 0.15) is 0 Å². The highest BCUT2D eigenvalue weighted by Gasteiger charge is 1.74. The van der Waals surface area contributed by atoms with Crippen LogP contribution in [0.2, 0.25) is 0 Å². The standard InChI is InChI=1S/C8H15P/c1-2-3-4-5-6-7-8-9/h5-8H,2-4,9H2,1H3. The number of hydrogen-bond acceptors (Lipinski definition) is 0. The molecule has 0 amide bonds. The largest absolute Gasteiger partial charge is 0.114 e. The maximum atomic E-state index is 2.55. The van der Waals surface area contributed by atoms with Crippen LogP contribution >= 0.6 is 9.24 Å². The average Bonchev–Trinajstić information content (AvgIpc) is 1.89. The predicted molar refractivity (Wildman–Crippen MR) is 47.5 cm³/mol. The van der Waals surface area contributed by atoms with Crippen LogP contribution in [0.15, 0.2) is 24.0 Å². The fourth-order valence-corrected chi connectivity index (χ4v) is 0.689. The van der Waals surface area contributed by atoms with Gasteiger partial charge in [0.25, 0.3) is 0 Å². The lowest BCUT2D eigenvalue weighted by atomic mass is 10.2. The summed E-state index contributed by atoms with van der Waals surface area (Å²) in [6, 6.07) is 0. The maximum absolute atomic E-state index is 2.55. The zero-order chi connectivity index (χ0) is 6.95. The second kappa shape index (κ2) is 7.91. The molecular formula is C8H15P. The van der Waals surface area contributed by atoms with E-state index in [1.807, 2.05) is 11.9 Å². The number of hydrogen-bond donors (Lipinski definition) is 0. The highest BCUT2D eigenvalue weighted by Crippen LogP contribution is 1.95. The van der Waals surface area contributed by atoms with Gasteiger partial charge in [-0.15, -0.1) is 9.24 Å². The minimum absolute atomic E-state index is 1.21. The Hall–Kier alpha value is -0.0900. The van der Waals surface area contributed by atoms with Crippen molar-refractivity contribution >= 4 is 9.24 Å². The topological polar surface area (TPSA) is 0 Å². The SMILES string of the molecule is CCCCC=CC=CP. The van der Waals surface area contributed by atoms with E-state index >= 15 is 0 Å². The Kier molecular flexibility index (Phi) is 7.83. The van der Waals surface area contributed by atoms with Crippen molar-refractivity contribution in [3.05, 3.63) is 24.0 Å². The molecule has 0 aliphatic heterocycles. The molecule has 9 heavy (non-hydrogen) atoms. The highest BCUT2D eigenvalue weighted by atomic mass is 31.0. The van der Waals surface area contributed by atoms with Crippen LogP contribution in [-0.4, -0.2) is 0 Å². The van der Waals surface area contributed by atoms with E-state index < -0.39 is 0 Å². The third-order valence-electron chi connectivity index (χ3n) is 1.08. The Morgan fingerprint density at radius 1 is 1.33 bits per heavy atom. The summed E-state index contributed by atoms with van der Waals surface area (Å²) >= 11 is 0. The molecule has 1 unspecified atom stereocenters. The third-order valence-corrected chi connectivity index (χ3v) is 1.30. The molecule has 0 aromatic carbocycles. The fraction of sp³-hybridized carbons (Fsp3) is 0.500. The number of unbranched alkanes of at least 4 members (excludes halogenated alkanes) is 2. The van der Waals surface area contributed by atoms with Gasteiger partial charge in [-0.1, -0.05) is 43.8 Å². The Balaban J connectivity index is 3.04.